The average Bonchev–Trinajstić information content (AvgIpc) is 1.21. The first-order chi connectivity index (χ1) is 58.9. The number of nitrogens with one attached hydrogen (secondary N) is 13. The van der Waals surface area contributed by atoms with Crippen LogP contribution in [0.3, 0.4) is 0 Å². The minimum Gasteiger partial charge on any atom is -0.383 e. The van der Waals surface area contributed by atoms with Gasteiger partial charge < -0.3 is 88.5 Å². The topological polar surface area (TPSA) is 841 Å². The van der Waals surface area contributed by atoms with Crippen LogP contribution in [-0.2, 0) is 45.8 Å². The highest BCUT2D eigenvalue weighted by molar-refractivity contribution is 5.89. The number of aromatic nitrogens is 26. The third-order valence-corrected chi connectivity index (χ3v) is 19.2. The van der Waals surface area contributed by atoms with E-state index in [1.165, 1.54) is 33.7 Å². The number of rotatable bonds is 34. The molecule has 31 N–H and O–H groups in total. The molecule has 13 rings (SSSR count). The number of aliphatic imine (C=N–C) groups is 1. The van der Waals surface area contributed by atoms with Gasteiger partial charge >= 0.3 is 34.1 Å². The van der Waals surface area contributed by atoms with Crippen LogP contribution in [0.5, 0.6) is 0 Å². The number of hydrogen-bond acceptors (Lipinski definition) is 42. The molecule has 0 radical (unpaired) electrons. The van der Waals surface area contributed by atoms with Gasteiger partial charge in [0.15, 0.2) is 39.8 Å². The van der Waals surface area contributed by atoms with Crippen LogP contribution >= 0.6 is 0 Å². The molecule has 0 atom stereocenters. The van der Waals surface area contributed by atoms with Gasteiger partial charge in [-0.15, -0.1) is 0 Å². The van der Waals surface area contributed by atoms with E-state index in [0.29, 0.717) is 52.2 Å². The molecule has 0 saturated heterocycles. The molecule has 0 aliphatic rings. The Morgan fingerprint density at radius 2 is 0.577 bits per heavy atom. The first kappa shape index (κ1) is 87.9. The smallest absolute Gasteiger partial charge is 0.351 e. The number of H-pyrrole nitrogens is 7. The number of imidazole rings is 1. The van der Waals surface area contributed by atoms with Crippen LogP contribution in [0.4, 0.5) is 70.6 Å². The van der Waals surface area contributed by atoms with Crippen molar-refractivity contribution in [2.45, 2.75) is 65.1 Å². The third kappa shape index (κ3) is 19.8. The molecule has 13 aromatic heterocycles. The van der Waals surface area contributed by atoms with E-state index in [0.717, 1.165) is 18.5 Å². The molecule has 0 bridgehead atoms. The fraction of sp³-hybridized carbons (Fsp3) is 0.394. The summed E-state index contributed by atoms with van der Waals surface area (Å²) in [4.78, 5) is 233. The minimum atomic E-state index is -0.687. The summed E-state index contributed by atoms with van der Waals surface area (Å²) in [7, 11) is 9.43. The van der Waals surface area contributed by atoms with Crippen molar-refractivity contribution in [2.75, 3.05) is 174 Å². The van der Waals surface area contributed by atoms with Gasteiger partial charge in [-0.1, -0.05) is 0 Å². The van der Waals surface area contributed by atoms with E-state index in [1.54, 1.807) is 48.5 Å². The molecule has 0 fully saturated rings. The van der Waals surface area contributed by atoms with Crippen LogP contribution in [0.1, 0.15) is 25.0 Å². The zero-order chi connectivity index (χ0) is 88.8. The molecule has 0 aromatic carbocycles. The van der Waals surface area contributed by atoms with Crippen LogP contribution in [0.25, 0.3) is 66.2 Å². The van der Waals surface area contributed by atoms with Crippen LogP contribution in [-0.4, -0.2) is 255 Å². The molecule has 57 heteroatoms. The quantitative estimate of drug-likeness (QED) is 0.0101. The fourth-order valence-corrected chi connectivity index (χ4v) is 13.1. The zero-order valence-electron chi connectivity index (χ0n) is 67.2. The molecule has 0 unspecified atom stereocenters. The maximum atomic E-state index is 12.8. The number of nitrogen functional groups attached to an aromatic ring is 6. The molecule has 0 aliphatic carbocycles. The van der Waals surface area contributed by atoms with E-state index in [2.05, 4.69) is 137 Å². The minimum absolute atomic E-state index is 0.00803. The summed E-state index contributed by atoms with van der Waals surface area (Å²) in [6.07, 6.45) is 5.23. The molecule has 13 heterocycles. The highest BCUT2D eigenvalue weighted by Crippen LogP contribution is 2.20. The van der Waals surface area contributed by atoms with Crippen LogP contribution < -0.4 is 151 Å². The van der Waals surface area contributed by atoms with Crippen molar-refractivity contribution in [1.82, 2.24) is 142 Å². The van der Waals surface area contributed by atoms with Gasteiger partial charge in [-0.05, 0) is 32.4 Å². The first-order valence-electron chi connectivity index (χ1n) is 37.7. The number of anilines is 12. The Kier molecular flexibility index (Phi) is 27.6. The van der Waals surface area contributed by atoms with Crippen molar-refractivity contribution >= 4 is 143 Å². The summed E-state index contributed by atoms with van der Waals surface area (Å²) >= 11 is 0. The molecule has 13 aromatic rings. The number of unbranched alkanes of at least 4 members (excludes halogenated alkanes) is 1. The molecule has 0 amide bonds. The predicted molar refractivity (Wildman–Crippen MR) is 461 cm³/mol. The Balaban J connectivity index is 0.000000180. The lowest BCUT2D eigenvalue weighted by Crippen LogP contribution is -2.38. The van der Waals surface area contributed by atoms with Crippen molar-refractivity contribution < 1.29 is 0 Å². The van der Waals surface area contributed by atoms with Gasteiger partial charge in [0, 0.05) is 152 Å². The molecule has 0 aliphatic heterocycles. The molecular weight excluding hydrogens is 1620 g/mol. The lowest BCUT2D eigenvalue weighted by molar-refractivity contribution is 0.241. The third-order valence-electron chi connectivity index (χ3n) is 19.2. The van der Waals surface area contributed by atoms with E-state index in [4.69, 9.17) is 51.6 Å². The Bertz CT molecular complexity index is 6560. The van der Waals surface area contributed by atoms with Crippen LogP contribution in [0.2, 0.25) is 0 Å². The van der Waals surface area contributed by atoms with Crippen molar-refractivity contribution in [2.24, 2.45) is 22.2 Å². The SMILES string of the molecule is CNc1nc2c(c(N)nc(=O)n2CCN(CCCCN)CCn2c(=O)nc(N)c3c(=O)[nH]c(NC)nc32)c(=O)[nH]1.CNc1nc2c(c(N)nc(=O)n2CCN(CCCN=C(N)N)CCn2c(=O)nc(N)c3c(=O)[nH]c(NC)nc32)c(=O)[nH]1.CNc1nc2c(c(N)nc(=O)n2CCN(CCn2c(=O)nc(N)c3c(=O)[nH]c(NC)nc32)Cc2cnc[nH]2)c(=O)[nH]1. The maximum absolute atomic E-state index is 12.8. The molecule has 123 heavy (non-hydrogen) atoms. The lowest BCUT2D eigenvalue weighted by Gasteiger charge is -2.23. The van der Waals surface area contributed by atoms with Gasteiger partial charge in [-0.2, -0.15) is 59.8 Å². The summed E-state index contributed by atoms with van der Waals surface area (Å²) in [6.45, 7) is 4.49. The number of fused-ring (bicyclic) bond motifs is 6. The Morgan fingerprint density at radius 3 is 0.789 bits per heavy atom. The molecule has 57 nitrogen and oxygen atoms in total. The Hall–Kier alpha value is -16.0. The van der Waals surface area contributed by atoms with Gasteiger partial charge in [0.25, 0.3) is 33.4 Å². The van der Waals surface area contributed by atoms with Gasteiger partial charge in [-0.3, -0.25) is 106 Å². The number of aromatic amines is 7. The molecule has 0 saturated carbocycles. The summed E-state index contributed by atoms with van der Waals surface area (Å²) in [5.41, 5.74) is 45.7. The van der Waals surface area contributed by atoms with Gasteiger partial charge in [-0.25, -0.2) is 33.8 Å². The lowest BCUT2D eigenvalue weighted by atomic mass is 10.3. The van der Waals surface area contributed by atoms with E-state index in [-0.39, 0.29) is 208 Å². The highest BCUT2D eigenvalue weighted by Gasteiger charge is 2.25. The van der Waals surface area contributed by atoms with E-state index in [1.807, 2.05) is 14.7 Å². The predicted octanol–water partition coefficient (Wildman–Crippen LogP) is -9.11. The Labute approximate surface area is 686 Å². The standard InChI is InChI=1S/C22H32N16O4.C22H27N15O4.C22H32N14O4/c1-27-19-32-14-10(16(39)34-19)12(23)30-21(41)37(14)8-6-36(5-3-4-29-18(25)26)7-9-38-15-11(13(24)31-22(38)42)17(40)35-20(28-2)33-15;1-25-19-31-15-11(17(38)33-19)13(23)29-21(40)36(15)5-3-35(8-10-7-27-9-28-10)4-6-37-16-12(14(24)30-22(37)41)18(39)34-20(26-2)32-16;1-26-19-30-15-11(17(37)32-19)13(24)28-21(39)35(15)9-7-34(6-4-3-5-23)8-10-36-16-12(14(25)29-22(36)40)18(38)33-20(27-2)31-16/h3-9H2,1-2H3,(H2,23,30,41)(H2,24,31,42)(H4,25,26,29)(H2,27,32,34,39)(H2,28,33,35,40);7,9H,3-6,8H2,1-2H3,(H,27,28)(H2,23,29,40)(H2,24,30,41)(H2,25,31,33,38)(H2,26,32,34,39);3-10,23H2,1-2H3,(H2,24,28,39)(H2,25,29,40)(H2,26,30,32,37)(H2,27,31,33,38). The van der Waals surface area contributed by atoms with E-state index in [9.17, 15) is 57.5 Å². The maximum Gasteiger partial charge on any atom is 0.351 e. The van der Waals surface area contributed by atoms with Gasteiger partial charge in [0.1, 0.15) is 67.2 Å². The molecule has 0 spiro atoms. The monoisotopic (exact) mass is 1710 g/mol. The van der Waals surface area contributed by atoms with E-state index < -0.39 is 67.5 Å². The second-order valence-electron chi connectivity index (χ2n) is 27.0. The largest absolute Gasteiger partial charge is 0.383 e. The summed E-state index contributed by atoms with van der Waals surface area (Å²) in [5.74, 6) is -0.454. The van der Waals surface area contributed by atoms with Crippen LogP contribution in [0, 0.1) is 0 Å². The highest BCUT2D eigenvalue weighted by atomic mass is 16.2. The average molecular weight is 1710 g/mol. The van der Waals surface area contributed by atoms with Crippen molar-refractivity contribution in [3.8, 4) is 0 Å². The number of nitrogens with zero attached hydrogens (tertiary/aromatic N) is 23. The normalized spacial score (nSPS) is 11.4. The summed E-state index contributed by atoms with van der Waals surface area (Å²) < 4.78 is 7.58. The number of hydrogen-bond donors (Lipinski definition) is 22. The van der Waals surface area contributed by atoms with Crippen LogP contribution in [0.15, 0.2) is 75.1 Å². The molecule has 652 valence electrons. The number of nitrogens with two attached hydrogens (primary N) is 9. The Morgan fingerprint density at radius 1 is 0.341 bits per heavy atom. The molecular formula is C66H91N45O12. The van der Waals surface area contributed by atoms with E-state index >= 15 is 0 Å². The first-order valence-corrected chi connectivity index (χ1v) is 37.7. The second kappa shape index (κ2) is 38.6. The zero-order valence-corrected chi connectivity index (χ0v) is 67.2. The van der Waals surface area contributed by atoms with Gasteiger partial charge in [0.2, 0.25) is 35.7 Å². The number of guanidine groups is 1. The summed E-state index contributed by atoms with van der Waals surface area (Å²) in [5, 5.41) is 16.4. The van der Waals surface area contributed by atoms with Crippen molar-refractivity contribution in [3.05, 3.63) is 143 Å². The second-order valence-corrected chi connectivity index (χ2v) is 27.0. The van der Waals surface area contributed by atoms with Gasteiger partial charge in [0.05, 0.1) is 6.33 Å². The fourth-order valence-electron chi connectivity index (χ4n) is 13.1. The van der Waals surface area contributed by atoms with Crippen molar-refractivity contribution in [1.29, 1.82) is 0 Å². The van der Waals surface area contributed by atoms with Crippen molar-refractivity contribution in [3.63, 3.8) is 0 Å². The summed E-state index contributed by atoms with van der Waals surface area (Å²) in [6, 6.07) is 0.